The number of aromatic nitrogens is 2. The molecule has 0 aliphatic heterocycles. The highest BCUT2D eigenvalue weighted by molar-refractivity contribution is 7.98. The summed E-state index contributed by atoms with van der Waals surface area (Å²) in [7, 11) is 2.06. The van der Waals surface area contributed by atoms with E-state index in [2.05, 4.69) is 65.3 Å². The number of aryl methyl sites for hydroxylation is 1. The van der Waals surface area contributed by atoms with Crippen molar-refractivity contribution in [1.82, 2.24) is 9.97 Å². The van der Waals surface area contributed by atoms with Crippen LogP contribution in [0.25, 0.3) is 0 Å². The van der Waals surface area contributed by atoms with Crippen LogP contribution in [-0.4, -0.2) is 29.8 Å². The molecule has 0 spiro atoms. The van der Waals surface area contributed by atoms with Crippen LogP contribution in [0, 0.1) is 6.92 Å². The molecule has 0 unspecified atom stereocenters. The summed E-state index contributed by atoms with van der Waals surface area (Å²) in [6.07, 6.45) is 2.00. The molecule has 1 aromatic carbocycles. The SMILES string of the molecule is CCNc1cc(N(C)Cc2ccccc2C)nc(SC)n1. The number of thioether (sulfide) groups is 1. The Kier molecular flexibility index (Phi) is 5.44. The summed E-state index contributed by atoms with van der Waals surface area (Å²) in [5.41, 5.74) is 2.62. The van der Waals surface area contributed by atoms with Gasteiger partial charge in [0.25, 0.3) is 0 Å². The molecule has 2 aromatic rings. The smallest absolute Gasteiger partial charge is 0.191 e. The van der Waals surface area contributed by atoms with Crippen LogP contribution in [0.5, 0.6) is 0 Å². The van der Waals surface area contributed by atoms with Gasteiger partial charge < -0.3 is 10.2 Å². The summed E-state index contributed by atoms with van der Waals surface area (Å²) in [6, 6.07) is 10.4. The van der Waals surface area contributed by atoms with Crippen molar-refractivity contribution in [3.05, 3.63) is 41.5 Å². The van der Waals surface area contributed by atoms with Gasteiger partial charge in [-0.15, -0.1) is 0 Å². The van der Waals surface area contributed by atoms with Crippen LogP contribution in [0.4, 0.5) is 11.6 Å². The summed E-state index contributed by atoms with van der Waals surface area (Å²) >= 11 is 1.56. The van der Waals surface area contributed by atoms with E-state index >= 15 is 0 Å². The molecule has 5 heteroatoms. The third-order valence-corrected chi connectivity index (χ3v) is 3.84. The van der Waals surface area contributed by atoms with Gasteiger partial charge in [-0.3, -0.25) is 0 Å². The number of benzene rings is 1. The Hall–Kier alpha value is -1.75. The van der Waals surface area contributed by atoms with E-state index < -0.39 is 0 Å². The highest BCUT2D eigenvalue weighted by Gasteiger charge is 2.09. The van der Waals surface area contributed by atoms with Gasteiger partial charge in [0.05, 0.1) is 0 Å². The molecule has 0 atom stereocenters. The molecular formula is C16H22N4S. The van der Waals surface area contributed by atoms with Crippen molar-refractivity contribution in [3.8, 4) is 0 Å². The average molecular weight is 302 g/mol. The summed E-state index contributed by atoms with van der Waals surface area (Å²) in [6.45, 7) is 5.90. The lowest BCUT2D eigenvalue weighted by Gasteiger charge is -2.20. The topological polar surface area (TPSA) is 41.0 Å². The van der Waals surface area contributed by atoms with E-state index in [9.17, 15) is 0 Å². The fourth-order valence-electron chi connectivity index (χ4n) is 2.10. The maximum Gasteiger partial charge on any atom is 0.191 e. The van der Waals surface area contributed by atoms with E-state index in [4.69, 9.17) is 0 Å². The summed E-state index contributed by atoms with van der Waals surface area (Å²) in [5, 5.41) is 4.05. The monoisotopic (exact) mass is 302 g/mol. The van der Waals surface area contributed by atoms with E-state index in [1.54, 1.807) is 11.8 Å². The van der Waals surface area contributed by atoms with Crippen molar-refractivity contribution < 1.29 is 0 Å². The predicted octanol–water partition coefficient (Wildman–Crippen LogP) is 3.58. The number of anilines is 2. The minimum Gasteiger partial charge on any atom is -0.370 e. The van der Waals surface area contributed by atoms with E-state index in [1.165, 1.54) is 11.1 Å². The van der Waals surface area contributed by atoms with E-state index in [1.807, 2.05) is 12.3 Å². The Bertz CT molecular complexity index is 601. The first-order valence-electron chi connectivity index (χ1n) is 7.06. The molecule has 2 rings (SSSR count). The van der Waals surface area contributed by atoms with E-state index in [-0.39, 0.29) is 0 Å². The number of rotatable bonds is 6. The number of hydrogen-bond donors (Lipinski definition) is 1. The molecule has 0 aliphatic rings. The molecule has 0 bridgehead atoms. The van der Waals surface area contributed by atoms with Crippen LogP contribution >= 0.6 is 11.8 Å². The van der Waals surface area contributed by atoms with Gasteiger partial charge in [0.1, 0.15) is 11.6 Å². The average Bonchev–Trinajstić information content (AvgIpc) is 2.49. The van der Waals surface area contributed by atoms with Crippen LogP contribution in [0.15, 0.2) is 35.5 Å². The molecule has 112 valence electrons. The van der Waals surface area contributed by atoms with Crippen LogP contribution in [-0.2, 0) is 6.54 Å². The molecule has 0 saturated heterocycles. The third kappa shape index (κ3) is 4.11. The van der Waals surface area contributed by atoms with Gasteiger partial charge in [0, 0.05) is 26.2 Å². The Morgan fingerprint density at radius 1 is 1.24 bits per heavy atom. The zero-order valence-corrected chi connectivity index (χ0v) is 13.9. The van der Waals surface area contributed by atoms with Crippen LogP contribution in [0.2, 0.25) is 0 Å². The van der Waals surface area contributed by atoms with Crippen LogP contribution < -0.4 is 10.2 Å². The van der Waals surface area contributed by atoms with Crippen molar-refractivity contribution >= 4 is 23.4 Å². The second-order valence-electron chi connectivity index (χ2n) is 4.91. The van der Waals surface area contributed by atoms with Crippen molar-refractivity contribution in [1.29, 1.82) is 0 Å². The lowest BCUT2D eigenvalue weighted by atomic mass is 10.1. The molecular weight excluding hydrogens is 280 g/mol. The highest BCUT2D eigenvalue weighted by atomic mass is 32.2. The fourth-order valence-corrected chi connectivity index (χ4v) is 2.47. The zero-order valence-electron chi connectivity index (χ0n) is 13.1. The Morgan fingerprint density at radius 2 is 2.00 bits per heavy atom. The minimum atomic E-state index is 0.792. The molecule has 0 saturated carbocycles. The molecule has 0 fully saturated rings. The van der Waals surface area contributed by atoms with Crippen molar-refractivity contribution in [3.63, 3.8) is 0 Å². The quantitative estimate of drug-likeness (QED) is 0.652. The lowest BCUT2D eigenvalue weighted by Crippen LogP contribution is -2.19. The van der Waals surface area contributed by atoms with Crippen molar-refractivity contribution in [2.45, 2.75) is 25.5 Å². The molecule has 0 amide bonds. The first kappa shape index (κ1) is 15.6. The first-order valence-corrected chi connectivity index (χ1v) is 8.29. The van der Waals surface area contributed by atoms with Gasteiger partial charge in [0.2, 0.25) is 0 Å². The maximum absolute atomic E-state index is 4.60. The zero-order chi connectivity index (χ0) is 15.2. The summed E-state index contributed by atoms with van der Waals surface area (Å²) < 4.78 is 0. The number of hydrogen-bond acceptors (Lipinski definition) is 5. The van der Waals surface area contributed by atoms with Crippen molar-refractivity contribution in [2.75, 3.05) is 30.1 Å². The molecule has 0 aliphatic carbocycles. The number of nitrogens with zero attached hydrogens (tertiary/aromatic N) is 3. The highest BCUT2D eigenvalue weighted by Crippen LogP contribution is 2.21. The van der Waals surface area contributed by atoms with Gasteiger partial charge >= 0.3 is 0 Å². The number of nitrogens with one attached hydrogen (secondary N) is 1. The maximum atomic E-state index is 4.60. The van der Waals surface area contributed by atoms with Crippen LogP contribution in [0.3, 0.4) is 0 Å². The van der Waals surface area contributed by atoms with Gasteiger partial charge in [-0.05, 0) is 31.2 Å². The van der Waals surface area contributed by atoms with Crippen molar-refractivity contribution in [2.24, 2.45) is 0 Å². The fraction of sp³-hybridized carbons (Fsp3) is 0.375. The second-order valence-corrected chi connectivity index (χ2v) is 5.68. The van der Waals surface area contributed by atoms with Gasteiger partial charge in [0.15, 0.2) is 5.16 Å². The molecule has 1 aromatic heterocycles. The van der Waals surface area contributed by atoms with Crippen LogP contribution in [0.1, 0.15) is 18.1 Å². The normalized spacial score (nSPS) is 10.5. The largest absolute Gasteiger partial charge is 0.370 e. The predicted molar refractivity (Wildman–Crippen MR) is 91.3 cm³/mol. The second kappa shape index (κ2) is 7.31. The summed E-state index contributed by atoms with van der Waals surface area (Å²) in [4.78, 5) is 11.2. The summed E-state index contributed by atoms with van der Waals surface area (Å²) in [5.74, 6) is 1.82. The molecule has 1 heterocycles. The Labute approximate surface area is 131 Å². The Morgan fingerprint density at radius 3 is 2.67 bits per heavy atom. The molecule has 1 N–H and O–H groups in total. The van der Waals surface area contributed by atoms with E-state index in [0.29, 0.717) is 0 Å². The molecule has 4 nitrogen and oxygen atoms in total. The van der Waals surface area contributed by atoms with Gasteiger partial charge in [-0.2, -0.15) is 0 Å². The Balaban J connectivity index is 2.23. The third-order valence-electron chi connectivity index (χ3n) is 3.29. The van der Waals surface area contributed by atoms with Gasteiger partial charge in [-0.1, -0.05) is 36.0 Å². The minimum absolute atomic E-state index is 0.792. The van der Waals surface area contributed by atoms with E-state index in [0.717, 1.165) is 29.9 Å². The molecule has 0 radical (unpaired) electrons. The standard InChI is InChI=1S/C16H22N4S/c1-5-17-14-10-15(19-16(18-14)21-4)20(3)11-13-9-7-6-8-12(13)2/h6-10H,5,11H2,1-4H3,(H,17,18,19). The first-order chi connectivity index (χ1) is 10.1. The lowest BCUT2D eigenvalue weighted by molar-refractivity contribution is 0.852. The van der Waals surface area contributed by atoms with Gasteiger partial charge in [-0.25, -0.2) is 9.97 Å². The molecule has 21 heavy (non-hydrogen) atoms.